The van der Waals surface area contributed by atoms with Crippen molar-refractivity contribution in [2.24, 2.45) is 28.6 Å². The highest BCUT2D eigenvalue weighted by Gasteiger charge is 2.75. The van der Waals surface area contributed by atoms with Crippen molar-refractivity contribution in [1.82, 2.24) is 21.3 Å². The molecule has 1 saturated heterocycles. The number of allylic oxidation sites excluding steroid dienone is 5. The summed E-state index contributed by atoms with van der Waals surface area (Å²) < 4.78 is 24.6. The van der Waals surface area contributed by atoms with Crippen LogP contribution in [0.1, 0.15) is 112 Å². The van der Waals surface area contributed by atoms with Gasteiger partial charge in [0.1, 0.15) is 38.1 Å². The molecule has 1 heterocycles. The van der Waals surface area contributed by atoms with Crippen LogP contribution in [0.25, 0.3) is 0 Å². The molecule has 15 nitrogen and oxygen atoms in total. The van der Waals surface area contributed by atoms with E-state index >= 15 is 0 Å². The SMILES string of the molecule is CCCC1O[C@@H]2C[C@H]3[C@@H]4CCC5=CC(=O)C=C[C@]5(C)[C@H]4[C@@H](O)C[C@]3(C)[C@]2(C(=O)COCNC(=O)[C@H](C)NC(=O)[C@@H](C)NC(=O)[C@H](C)NC(=O)COC2/C=C\CCCCC2)O1. The highest BCUT2D eigenvalue weighted by atomic mass is 16.7. The van der Waals surface area contributed by atoms with Gasteiger partial charge in [0, 0.05) is 16.7 Å². The van der Waals surface area contributed by atoms with Crippen molar-refractivity contribution >= 4 is 35.2 Å². The second-order valence-electron chi connectivity index (χ2n) is 18.3. The number of ketones is 2. The second kappa shape index (κ2) is 19.1. The van der Waals surface area contributed by atoms with Crippen LogP contribution in [-0.4, -0.2) is 109 Å². The van der Waals surface area contributed by atoms with E-state index in [1.54, 1.807) is 12.2 Å². The van der Waals surface area contributed by atoms with Crippen LogP contribution in [0.4, 0.5) is 0 Å². The van der Waals surface area contributed by atoms with E-state index in [4.69, 9.17) is 18.9 Å². The highest BCUT2D eigenvalue weighted by molar-refractivity contribution is 6.01. The predicted molar refractivity (Wildman–Crippen MR) is 220 cm³/mol. The van der Waals surface area contributed by atoms with Gasteiger partial charge in [-0.1, -0.05) is 63.8 Å². The Bertz CT molecular complexity index is 1750. The van der Waals surface area contributed by atoms with Gasteiger partial charge < -0.3 is 45.3 Å². The third-order valence-electron chi connectivity index (χ3n) is 14.2. The molecule has 4 amide bonds. The zero-order chi connectivity index (χ0) is 43.4. The average molecular weight is 839 g/mol. The van der Waals surface area contributed by atoms with Gasteiger partial charge in [0.15, 0.2) is 23.5 Å². The van der Waals surface area contributed by atoms with E-state index in [1.165, 1.54) is 20.8 Å². The number of amides is 4. The molecule has 6 aliphatic rings. The molecule has 0 aromatic rings. The molecule has 3 saturated carbocycles. The van der Waals surface area contributed by atoms with Gasteiger partial charge in [-0.25, -0.2) is 0 Å². The Morgan fingerprint density at radius 3 is 2.40 bits per heavy atom. The van der Waals surface area contributed by atoms with Gasteiger partial charge in [0.05, 0.1) is 18.3 Å². The summed E-state index contributed by atoms with van der Waals surface area (Å²) in [7, 11) is 0. The number of nitrogens with one attached hydrogen (secondary N) is 4. The fraction of sp³-hybridized carbons (Fsp3) is 0.733. The monoisotopic (exact) mass is 838 g/mol. The summed E-state index contributed by atoms with van der Waals surface area (Å²) in [5.41, 5.74) is -1.52. The number of rotatable bonds is 16. The van der Waals surface area contributed by atoms with Crippen LogP contribution in [0.2, 0.25) is 0 Å². The minimum Gasteiger partial charge on any atom is -0.393 e. The minimum atomic E-state index is -1.36. The van der Waals surface area contributed by atoms with Crippen LogP contribution in [0, 0.1) is 28.6 Å². The summed E-state index contributed by atoms with van der Waals surface area (Å²) in [5, 5.41) is 22.3. The number of carbonyl (C=O) groups is 6. The molecule has 1 aliphatic heterocycles. The highest BCUT2D eigenvalue weighted by Crippen LogP contribution is 2.69. The normalized spacial score (nSPS) is 36.4. The molecule has 0 bridgehead atoms. The number of aliphatic hydroxyl groups is 1. The topological polar surface area (TPSA) is 208 Å². The smallest absolute Gasteiger partial charge is 0.246 e. The van der Waals surface area contributed by atoms with Crippen LogP contribution in [0.5, 0.6) is 0 Å². The van der Waals surface area contributed by atoms with Crippen LogP contribution >= 0.6 is 0 Å². The molecule has 0 aromatic heterocycles. The van der Waals surface area contributed by atoms with Crippen LogP contribution in [0.3, 0.4) is 0 Å². The Balaban J connectivity index is 0.979. The molecule has 0 aromatic carbocycles. The first kappa shape index (κ1) is 45.8. The Morgan fingerprint density at radius 1 is 0.950 bits per heavy atom. The maximum atomic E-state index is 14.5. The van der Waals surface area contributed by atoms with Gasteiger partial charge in [-0.05, 0) is 96.1 Å². The molecule has 5 aliphatic carbocycles. The van der Waals surface area contributed by atoms with E-state index in [0.717, 1.165) is 56.9 Å². The Hall–Kier alpha value is -3.76. The number of aliphatic hydroxyl groups excluding tert-OH is 1. The molecule has 60 heavy (non-hydrogen) atoms. The first-order valence-corrected chi connectivity index (χ1v) is 22.1. The molecule has 0 radical (unpaired) electrons. The zero-order valence-electron chi connectivity index (χ0n) is 36.1. The van der Waals surface area contributed by atoms with E-state index < -0.39 is 76.7 Å². The minimum absolute atomic E-state index is 0.0166. The first-order valence-electron chi connectivity index (χ1n) is 22.1. The van der Waals surface area contributed by atoms with Gasteiger partial charge in [0.2, 0.25) is 23.6 Å². The lowest BCUT2D eigenvalue weighted by Crippen LogP contribution is -2.63. The maximum absolute atomic E-state index is 14.5. The van der Waals surface area contributed by atoms with Crippen LogP contribution in [-0.2, 0) is 47.7 Å². The molecule has 15 heteroatoms. The molecule has 2 unspecified atom stereocenters. The number of ether oxygens (including phenoxy) is 4. The Morgan fingerprint density at radius 2 is 1.67 bits per heavy atom. The summed E-state index contributed by atoms with van der Waals surface area (Å²) in [6.07, 6.45) is 16.3. The van der Waals surface area contributed by atoms with E-state index in [2.05, 4.69) is 34.3 Å². The third-order valence-corrected chi connectivity index (χ3v) is 14.2. The summed E-state index contributed by atoms with van der Waals surface area (Å²) in [4.78, 5) is 77.8. The van der Waals surface area contributed by atoms with Crippen molar-refractivity contribution in [3.05, 3.63) is 36.0 Å². The van der Waals surface area contributed by atoms with Crippen molar-refractivity contribution in [3.8, 4) is 0 Å². The predicted octanol–water partition coefficient (Wildman–Crippen LogP) is 3.23. The van der Waals surface area contributed by atoms with E-state index in [-0.39, 0.29) is 55.4 Å². The lowest BCUT2D eigenvalue weighted by molar-refractivity contribution is -0.201. The fourth-order valence-corrected chi connectivity index (χ4v) is 11.1. The van der Waals surface area contributed by atoms with E-state index in [9.17, 15) is 33.9 Å². The lowest BCUT2D eigenvalue weighted by atomic mass is 9.46. The number of carbonyl (C=O) groups excluding carboxylic acids is 6. The third kappa shape index (κ3) is 9.20. The van der Waals surface area contributed by atoms with Crippen molar-refractivity contribution in [1.29, 1.82) is 0 Å². The van der Waals surface area contributed by atoms with Crippen molar-refractivity contribution in [2.75, 3.05) is 19.9 Å². The number of Topliss-reactive ketones (excluding diaryl/α,β-unsaturated/α-hetero) is 1. The molecule has 4 fully saturated rings. The first-order chi connectivity index (χ1) is 28.5. The van der Waals surface area contributed by atoms with Gasteiger partial charge in [-0.3, -0.25) is 28.8 Å². The van der Waals surface area contributed by atoms with Crippen LogP contribution < -0.4 is 21.3 Å². The van der Waals surface area contributed by atoms with Crippen molar-refractivity contribution in [2.45, 2.75) is 160 Å². The van der Waals surface area contributed by atoms with Crippen molar-refractivity contribution in [3.63, 3.8) is 0 Å². The molecule has 6 rings (SSSR count). The van der Waals surface area contributed by atoms with E-state index in [1.807, 2.05) is 26.0 Å². The van der Waals surface area contributed by atoms with Crippen molar-refractivity contribution < 1.29 is 52.8 Å². The largest absolute Gasteiger partial charge is 0.393 e. The Labute approximate surface area is 353 Å². The summed E-state index contributed by atoms with van der Waals surface area (Å²) in [5.74, 6) is -2.57. The molecular formula is C45H66N4O11. The summed E-state index contributed by atoms with van der Waals surface area (Å²) in [6.45, 7) is 9.75. The Kier molecular flexibility index (Phi) is 14.6. The molecule has 0 spiro atoms. The molecule has 332 valence electrons. The van der Waals surface area contributed by atoms with Gasteiger partial charge in [-0.2, -0.15) is 0 Å². The number of hydrogen-bond acceptors (Lipinski definition) is 11. The number of hydrogen-bond donors (Lipinski definition) is 5. The summed E-state index contributed by atoms with van der Waals surface area (Å²) in [6, 6.07) is -2.95. The average Bonchev–Trinajstić information content (AvgIpc) is 3.67. The molecular weight excluding hydrogens is 773 g/mol. The summed E-state index contributed by atoms with van der Waals surface area (Å²) >= 11 is 0. The lowest BCUT2D eigenvalue weighted by Gasteiger charge is -2.59. The molecule has 13 atom stereocenters. The quantitative estimate of drug-likeness (QED) is 0.0867. The maximum Gasteiger partial charge on any atom is 0.246 e. The van der Waals surface area contributed by atoms with Gasteiger partial charge in [0.25, 0.3) is 0 Å². The second-order valence-corrected chi connectivity index (χ2v) is 18.3. The van der Waals surface area contributed by atoms with Gasteiger partial charge >= 0.3 is 0 Å². The molecule has 5 N–H and O–H groups in total. The zero-order valence-corrected chi connectivity index (χ0v) is 36.1. The number of fused-ring (bicyclic) bond motifs is 7. The van der Waals surface area contributed by atoms with E-state index in [0.29, 0.717) is 19.3 Å². The fourth-order valence-electron chi connectivity index (χ4n) is 11.1. The standard InChI is InChI=1S/C45H66N4O11/c1-7-13-38-59-36-21-33-32-17-16-29-20-30(50)18-19-43(29,5)39(32)34(51)22-44(33,6)45(36,60-38)35(52)23-57-25-46-40(54)26(2)48-42(56)28(4)49-41(55)27(3)47-37(53)24-58-31-14-11-9-8-10-12-15-31/h11,14,18-20,26-28,31-34,36,38-39,51H,7-10,12-13,15-17,21-25H2,1-6H3,(H,46,54)(H,47,53)(H,48,56)(H,49,55)/b14-11-/t26-,27-,28+,31?,32-,33-,34-,36+,38?,39+,43-,44-,45+/m0/s1. The van der Waals surface area contributed by atoms with Gasteiger partial charge in [-0.15, -0.1) is 0 Å². The van der Waals surface area contributed by atoms with Crippen LogP contribution in [0.15, 0.2) is 36.0 Å².